The summed E-state index contributed by atoms with van der Waals surface area (Å²) in [4.78, 5) is 8.61. The van der Waals surface area contributed by atoms with Gasteiger partial charge in [0.15, 0.2) is 5.65 Å². The fourth-order valence-corrected chi connectivity index (χ4v) is 2.54. The number of aryl methyl sites for hydroxylation is 2. The Morgan fingerprint density at radius 2 is 1.71 bits per heavy atom. The fourth-order valence-electron chi connectivity index (χ4n) is 2.54. The van der Waals surface area contributed by atoms with Crippen LogP contribution in [0.2, 0.25) is 0 Å². The number of aromatic nitrogens is 4. The monoisotopic (exact) mass is 324 g/mol. The van der Waals surface area contributed by atoms with Crippen LogP contribution in [0.3, 0.4) is 0 Å². The second kappa shape index (κ2) is 9.16. The predicted octanol–water partition coefficient (Wildman–Crippen LogP) is 5.12. The Bertz CT molecular complexity index is 719. The summed E-state index contributed by atoms with van der Waals surface area (Å²) in [5.41, 5.74) is 3.20. The molecule has 0 unspecified atom stereocenters. The van der Waals surface area contributed by atoms with Crippen LogP contribution in [0.25, 0.3) is 11.0 Å². The minimum Gasteiger partial charge on any atom is -0.244 e. The van der Waals surface area contributed by atoms with Gasteiger partial charge in [0, 0.05) is 0 Å². The summed E-state index contributed by atoms with van der Waals surface area (Å²) in [7, 11) is 0. The number of rotatable bonds is 2. The van der Waals surface area contributed by atoms with Crippen molar-refractivity contribution in [3.05, 3.63) is 54.2 Å². The second-order valence-electron chi connectivity index (χ2n) is 5.61. The molecule has 4 nitrogen and oxygen atoms in total. The third-order valence-electron chi connectivity index (χ3n) is 3.86. The van der Waals surface area contributed by atoms with Crippen molar-refractivity contribution in [1.82, 2.24) is 19.7 Å². The molecule has 2 aliphatic carbocycles. The molecule has 0 radical (unpaired) electrons. The quantitative estimate of drug-likeness (QED) is 0.770. The number of fused-ring (bicyclic) bond motifs is 1. The molecule has 2 heterocycles. The molecule has 128 valence electrons. The van der Waals surface area contributed by atoms with Crippen molar-refractivity contribution in [1.29, 1.82) is 0 Å². The van der Waals surface area contributed by atoms with Crippen molar-refractivity contribution >= 4 is 11.0 Å². The van der Waals surface area contributed by atoms with Crippen LogP contribution in [0.15, 0.2) is 42.8 Å². The lowest BCUT2D eigenvalue weighted by Crippen LogP contribution is -1.98. The zero-order valence-electron chi connectivity index (χ0n) is 15.2. The molecule has 2 aliphatic rings. The van der Waals surface area contributed by atoms with E-state index < -0.39 is 0 Å². The number of allylic oxidation sites excluding steroid dienone is 6. The van der Waals surface area contributed by atoms with E-state index in [-0.39, 0.29) is 0 Å². The van der Waals surface area contributed by atoms with Crippen LogP contribution in [0, 0.1) is 6.92 Å². The van der Waals surface area contributed by atoms with Crippen molar-refractivity contribution in [3.8, 4) is 0 Å². The number of hydrogen-bond donors (Lipinski definition) is 0. The van der Waals surface area contributed by atoms with E-state index in [1.165, 1.54) is 12.8 Å². The largest absolute Gasteiger partial charge is 0.244 e. The molecule has 24 heavy (non-hydrogen) atoms. The van der Waals surface area contributed by atoms with Gasteiger partial charge in [0.25, 0.3) is 0 Å². The summed E-state index contributed by atoms with van der Waals surface area (Å²) < 4.78 is 2.09. The van der Waals surface area contributed by atoms with Crippen molar-refractivity contribution in [2.75, 3.05) is 0 Å². The van der Waals surface area contributed by atoms with E-state index in [1.807, 2.05) is 32.9 Å². The summed E-state index contributed by atoms with van der Waals surface area (Å²) in [6, 6.07) is 0.585. The molecule has 0 amide bonds. The van der Waals surface area contributed by atoms with Crippen molar-refractivity contribution in [2.24, 2.45) is 0 Å². The third kappa shape index (κ3) is 4.40. The fraction of sp³-hybridized carbons (Fsp3) is 0.450. The van der Waals surface area contributed by atoms with Gasteiger partial charge in [-0.1, -0.05) is 57.2 Å². The number of nitrogens with zero attached hydrogens (tertiary/aromatic N) is 4. The van der Waals surface area contributed by atoms with Crippen LogP contribution in [0.5, 0.6) is 0 Å². The molecule has 0 bridgehead atoms. The van der Waals surface area contributed by atoms with E-state index in [2.05, 4.69) is 51.0 Å². The van der Waals surface area contributed by atoms with Gasteiger partial charge >= 0.3 is 0 Å². The van der Waals surface area contributed by atoms with Gasteiger partial charge in [-0.05, 0) is 32.6 Å². The molecule has 2 aromatic rings. The van der Waals surface area contributed by atoms with Gasteiger partial charge in [-0.25, -0.2) is 14.6 Å². The molecule has 0 atom stereocenters. The Kier molecular flexibility index (Phi) is 6.91. The molecule has 0 aromatic carbocycles. The molecule has 2 aromatic heterocycles. The van der Waals surface area contributed by atoms with Gasteiger partial charge in [0.1, 0.15) is 6.33 Å². The van der Waals surface area contributed by atoms with Gasteiger partial charge < -0.3 is 0 Å². The molecular formula is C20H28N4. The van der Waals surface area contributed by atoms with Gasteiger partial charge in [-0.2, -0.15) is 5.10 Å². The van der Waals surface area contributed by atoms with Gasteiger partial charge in [-0.15, -0.1) is 0 Å². The Morgan fingerprint density at radius 3 is 2.29 bits per heavy atom. The van der Waals surface area contributed by atoms with Crippen LogP contribution in [-0.4, -0.2) is 19.7 Å². The highest BCUT2D eigenvalue weighted by Crippen LogP contribution is 2.37. The highest BCUT2D eigenvalue weighted by Gasteiger charge is 2.28. The second-order valence-corrected chi connectivity index (χ2v) is 5.61. The lowest BCUT2D eigenvalue weighted by molar-refractivity contribution is 0.646. The Balaban J connectivity index is 0.000000196. The van der Waals surface area contributed by atoms with Crippen LogP contribution >= 0.6 is 0 Å². The Labute approximate surface area is 145 Å². The Hall–Kier alpha value is -2.23. The maximum atomic E-state index is 4.64. The van der Waals surface area contributed by atoms with Crippen LogP contribution in [0.4, 0.5) is 0 Å². The molecule has 0 N–H and O–H groups in total. The maximum Gasteiger partial charge on any atom is 0.161 e. The van der Waals surface area contributed by atoms with Crippen molar-refractivity contribution in [3.63, 3.8) is 0 Å². The number of hydrogen-bond acceptors (Lipinski definition) is 3. The van der Waals surface area contributed by atoms with Gasteiger partial charge in [0.05, 0.1) is 22.8 Å². The summed E-state index contributed by atoms with van der Waals surface area (Å²) in [6.45, 7) is 8.16. The topological polar surface area (TPSA) is 43.6 Å². The van der Waals surface area contributed by atoms with Gasteiger partial charge in [-0.3, -0.25) is 0 Å². The van der Waals surface area contributed by atoms with E-state index in [4.69, 9.17) is 0 Å². The average Bonchev–Trinajstić information content (AvgIpc) is 3.43. The molecule has 1 fully saturated rings. The standard InChI is InChI=1S/C11H14N4.C7H8.C2H6/c1-3-9-10-7(2)12-6-13-11(10)15(14-9)8-4-5-8;1-2-4-6-7-5-3-1;1-2/h6,8H,3-5H2,1-2H3;1-6H,7H2;1-2H3. The van der Waals surface area contributed by atoms with E-state index in [0.29, 0.717) is 6.04 Å². The molecule has 0 aliphatic heterocycles. The first-order valence-electron chi connectivity index (χ1n) is 8.98. The molecule has 4 heteroatoms. The molecule has 0 saturated heterocycles. The first kappa shape index (κ1) is 18.1. The normalized spacial score (nSPS) is 15.3. The van der Waals surface area contributed by atoms with E-state index >= 15 is 0 Å². The van der Waals surface area contributed by atoms with Crippen LogP contribution in [-0.2, 0) is 6.42 Å². The molecule has 4 rings (SSSR count). The first-order valence-corrected chi connectivity index (χ1v) is 8.98. The zero-order chi connectivity index (χ0) is 17.4. The summed E-state index contributed by atoms with van der Waals surface area (Å²) >= 11 is 0. The summed E-state index contributed by atoms with van der Waals surface area (Å²) in [6.07, 6.45) is 18.6. The minimum atomic E-state index is 0.585. The minimum absolute atomic E-state index is 0.585. The van der Waals surface area contributed by atoms with E-state index in [0.717, 1.165) is 35.3 Å². The van der Waals surface area contributed by atoms with Crippen LogP contribution in [0.1, 0.15) is 57.5 Å². The Morgan fingerprint density at radius 1 is 1.04 bits per heavy atom. The lowest BCUT2D eigenvalue weighted by Gasteiger charge is -1.98. The van der Waals surface area contributed by atoms with Crippen molar-refractivity contribution in [2.45, 2.75) is 59.4 Å². The maximum absolute atomic E-state index is 4.64. The molecular weight excluding hydrogens is 296 g/mol. The van der Waals surface area contributed by atoms with E-state index in [1.54, 1.807) is 6.33 Å². The highest BCUT2D eigenvalue weighted by atomic mass is 15.3. The van der Waals surface area contributed by atoms with Gasteiger partial charge in [0.2, 0.25) is 0 Å². The SMILES string of the molecule is C1=CC=CCC=C1.CC.CCc1nn(C2CC2)c2ncnc(C)c12. The summed E-state index contributed by atoms with van der Waals surface area (Å²) in [5, 5.41) is 5.80. The first-order chi connectivity index (χ1) is 11.8. The summed E-state index contributed by atoms with van der Waals surface area (Å²) in [5.74, 6) is 0. The predicted molar refractivity (Wildman–Crippen MR) is 101 cm³/mol. The van der Waals surface area contributed by atoms with Crippen molar-refractivity contribution < 1.29 is 0 Å². The highest BCUT2D eigenvalue weighted by molar-refractivity contribution is 5.80. The molecule has 0 spiro atoms. The zero-order valence-corrected chi connectivity index (χ0v) is 15.2. The lowest BCUT2D eigenvalue weighted by atomic mass is 10.2. The average molecular weight is 324 g/mol. The van der Waals surface area contributed by atoms with E-state index in [9.17, 15) is 0 Å². The third-order valence-corrected chi connectivity index (χ3v) is 3.86. The van der Waals surface area contributed by atoms with Crippen LogP contribution < -0.4 is 0 Å². The smallest absolute Gasteiger partial charge is 0.161 e. The molecule has 1 saturated carbocycles.